The molecule has 6 rings (SSSR count). The smallest absolute Gasteiger partial charge is 0.744 e. The standard InChI is InChI=1S/C48H51N3O4S.Na/c1-7-50(32-37-13-10-12-34(4)28-37)42-22-26-46(35(5)29-42)48(39-16-18-40(19-17-39)49-41-20-24-44(25-21-41)55-9-3)47-27-23-43(30-36(47)6)51(8-2)33-38-14-11-15-45(31-38)56(52,53)54;/h10-31H,7-9,32-33H2,1-6H3,(H,52,53,54);/q;+1. The summed E-state index contributed by atoms with van der Waals surface area (Å²) in [4.78, 5) is 1.97. The molecule has 0 saturated carbocycles. The van der Waals surface area contributed by atoms with Crippen LogP contribution in [0.15, 0.2) is 150 Å². The van der Waals surface area contributed by atoms with E-state index in [2.05, 4.69) is 134 Å². The predicted octanol–water partition coefficient (Wildman–Crippen LogP) is 7.37. The van der Waals surface area contributed by atoms with E-state index in [0.717, 1.165) is 69.3 Å². The molecule has 5 aromatic rings. The summed E-state index contributed by atoms with van der Waals surface area (Å²) in [7, 11) is -4.54. The third-order valence-electron chi connectivity index (χ3n) is 10.1. The minimum absolute atomic E-state index is 0. The predicted molar refractivity (Wildman–Crippen MR) is 229 cm³/mol. The van der Waals surface area contributed by atoms with E-state index in [-0.39, 0.29) is 34.5 Å². The fraction of sp³-hybridized carbons (Fsp3) is 0.229. The maximum Gasteiger partial charge on any atom is 1.00 e. The maximum atomic E-state index is 11.7. The van der Waals surface area contributed by atoms with Crippen LogP contribution in [-0.4, -0.2) is 43.0 Å². The number of hydrogen-bond donors (Lipinski definition) is 1. The summed E-state index contributed by atoms with van der Waals surface area (Å²) in [5, 5.41) is 3.52. The summed E-state index contributed by atoms with van der Waals surface area (Å²) in [5.74, 6) is 0.846. The first-order valence-electron chi connectivity index (χ1n) is 19.2. The molecule has 1 N–H and O–H groups in total. The van der Waals surface area contributed by atoms with Crippen molar-refractivity contribution >= 4 is 38.5 Å². The topological polar surface area (TPSA) is 84.7 Å². The number of allylic oxidation sites excluding steroid dienone is 5. The number of rotatable bonds is 14. The molecular formula is C48H51N3NaO4S+. The summed E-state index contributed by atoms with van der Waals surface area (Å²) in [5.41, 5.74) is 14.3. The van der Waals surface area contributed by atoms with Crippen LogP contribution in [0.4, 0.5) is 17.1 Å². The van der Waals surface area contributed by atoms with Crippen LogP contribution in [-0.2, 0) is 23.2 Å². The van der Waals surface area contributed by atoms with Crippen LogP contribution in [0.25, 0.3) is 5.57 Å². The van der Waals surface area contributed by atoms with E-state index >= 15 is 0 Å². The molecule has 7 nitrogen and oxygen atoms in total. The van der Waals surface area contributed by atoms with Crippen LogP contribution in [0.1, 0.15) is 61.1 Å². The largest absolute Gasteiger partial charge is 1.00 e. The summed E-state index contributed by atoms with van der Waals surface area (Å²) in [6.45, 7) is 16.2. The fourth-order valence-corrected chi connectivity index (χ4v) is 7.76. The van der Waals surface area contributed by atoms with Gasteiger partial charge in [-0.2, -0.15) is 0 Å². The van der Waals surface area contributed by atoms with Gasteiger partial charge < -0.3 is 19.5 Å². The number of aryl methyl sites for hydroxylation is 2. The zero-order chi connectivity index (χ0) is 39.8. The van der Waals surface area contributed by atoms with Gasteiger partial charge in [-0.25, -0.2) is 13.0 Å². The number of anilines is 3. The van der Waals surface area contributed by atoms with Gasteiger partial charge in [-0.3, -0.25) is 0 Å². The maximum absolute atomic E-state index is 11.7. The minimum atomic E-state index is -4.54. The van der Waals surface area contributed by atoms with Gasteiger partial charge in [0.05, 0.1) is 11.5 Å². The summed E-state index contributed by atoms with van der Waals surface area (Å²) < 4.78 is 43.2. The second kappa shape index (κ2) is 19.6. The number of hydrogen-bond acceptors (Lipinski definition) is 6. The average Bonchev–Trinajstić information content (AvgIpc) is 3.18. The minimum Gasteiger partial charge on any atom is -0.744 e. The molecule has 5 aromatic carbocycles. The van der Waals surface area contributed by atoms with Crippen molar-refractivity contribution in [1.82, 2.24) is 0 Å². The molecule has 0 unspecified atom stereocenters. The Morgan fingerprint density at radius 2 is 1.47 bits per heavy atom. The van der Waals surface area contributed by atoms with Crippen molar-refractivity contribution in [3.63, 3.8) is 0 Å². The van der Waals surface area contributed by atoms with Gasteiger partial charge in [0.1, 0.15) is 22.4 Å². The molecule has 0 amide bonds. The molecule has 1 aliphatic rings. The van der Waals surface area contributed by atoms with E-state index in [1.54, 1.807) is 6.07 Å². The second-order valence-electron chi connectivity index (χ2n) is 14.2. The normalized spacial score (nSPS) is 14.3. The molecule has 0 fully saturated rings. The summed E-state index contributed by atoms with van der Waals surface area (Å²) >= 11 is 0. The van der Waals surface area contributed by atoms with Crippen molar-refractivity contribution in [3.05, 3.63) is 178 Å². The fourth-order valence-electron chi connectivity index (χ4n) is 7.22. The first kappa shape index (κ1) is 43.4. The van der Waals surface area contributed by atoms with E-state index in [9.17, 15) is 13.0 Å². The Hall–Kier alpha value is -4.70. The number of nitrogens with one attached hydrogen (secondary N) is 1. The first-order chi connectivity index (χ1) is 26.9. The van der Waals surface area contributed by atoms with E-state index in [1.165, 1.54) is 34.5 Å². The molecule has 0 aliphatic heterocycles. The molecule has 288 valence electrons. The Morgan fingerprint density at radius 1 is 0.789 bits per heavy atom. The van der Waals surface area contributed by atoms with E-state index < -0.39 is 10.1 Å². The molecule has 0 spiro atoms. The number of ether oxygens (including phenoxy) is 1. The molecule has 0 bridgehead atoms. The van der Waals surface area contributed by atoms with Crippen LogP contribution < -0.4 is 44.5 Å². The number of nitrogens with zero attached hydrogens (tertiary/aromatic N) is 2. The SMILES string of the molecule is CCOc1ccc(Nc2ccc(/C(=C3/C=CC(=[N+](CC)Cc4cccc(C)c4)C=C3C)c3ccc(N(CC)Cc4cccc(S(=O)(=O)[O-])c4)cc3C)cc2)cc1.[Na+]. The third-order valence-corrected chi connectivity index (χ3v) is 10.9. The van der Waals surface area contributed by atoms with Crippen molar-refractivity contribution < 1.29 is 51.8 Å². The van der Waals surface area contributed by atoms with E-state index in [0.29, 0.717) is 19.7 Å². The molecule has 1 aliphatic carbocycles. The molecule has 9 heteroatoms. The molecule has 0 aromatic heterocycles. The van der Waals surface area contributed by atoms with Gasteiger partial charge in [-0.05, 0) is 153 Å². The van der Waals surface area contributed by atoms with E-state index in [4.69, 9.17) is 4.74 Å². The van der Waals surface area contributed by atoms with Gasteiger partial charge in [0.2, 0.25) is 0 Å². The molecular weight excluding hydrogens is 738 g/mol. The monoisotopic (exact) mass is 788 g/mol. The van der Waals surface area contributed by atoms with Gasteiger partial charge in [-0.15, -0.1) is 0 Å². The van der Waals surface area contributed by atoms with E-state index in [1.807, 2.05) is 37.3 Å². The summed E-state index contributed by atoms with van der Waals surface area (Å²) in [6, 6.07) is 38.1. The molecule has 0 atom stereocenters. The molecule has 0 heterocycles. The Kier molecular flexibility index (Phi) is 15.0. The van der Waals surface area contributed by atoms with Crippen molar-refractivity contribution in [2.24, 2.45) is 0 Å². The zero-order valence-electron chi connectivity index (χ0n) is 34.2. The first-order valence-corrected chi connectivity index (χ1v) is 20.7. The van der Waals surface area contributed by atoms with Gasteiger partial charge in [-0.1, -0.05) is 54.1 Å². The van der Waals surface area contributed by atoms with Crippen LogP contribution in [0.3, 0.4) is 0 Å². The molecule has 0 radical (unpaired) electrons. The van der Waals surface area contributed by atoms with Crippen molar-refractivity contribution in [2.45, 2.75) is 59.5 Å². The Labute approximate surface area is 361 Å². The van der Waals surface area contributed by atoms with Crippen LogP contribution in [0, 0.1) is 13.8 Å². The zero-order valence-corrected chi connectivity index (χ0v) is 37.0. The van der Waals surface area contributed by atoms with Crippen LogP contribution in [0.5, 0.6) is 5.75 Å². The quantitative estimate of drug-likeness (QED) is 0.0720. The number of benzene rings is 5. The third kappa shape index (κ3) is 11.0. The molecule has 57 heavy (non-hydrogen) atoms. The average molecular weight is 789 g/mol. The Balaban J connectivity index is 0.00000620. The van der Waals surface area contributed by atoms with Crippen molar-refractivity contribution in [2.75, 3.05) is 29.9 Å². The van der Waals surface area contributed by atoms with Crippen LogP contribution in [0.2, 0.25) is 0 Å². The van der Waals surface area contributed by atoms with Crippen LogP contribution >= 0.6 is 0 Å². The van der Waals surface area contributed by atoms with Crippen molar-refractivity contribution in [1.29, 1.82) is 0 Å². The molecule has 0 saturated heterocycles. The summed E-state index contributed by atoms with van der Waals surface area (Å²) in [6.07, 6.45) is 6.80. The Bertz CT molecular complexity index is 2430. The van der Waals surface area contributed by atoms with Gasteiger partial charge in [0.15, 0.2) is 12.3 Å². The van der Waals surface area contributed by atoms with Gasteiger partial charge in [0, 0.05) is 47.9 Å². The van der Waals surface area contributed by atoms with Crippen molar-refractivity contribution in [3.8, 4) is 5.75 Å². The van der Waals surface area contributed by atoms with Gasteiger partial charge >= 0.3 is 29.6 Å². The second-order valence-corrected chi connectivity index (χ2v) is 15.5. The van der Waals surface area contributed by atoms with Gasteiger partial charge in [0.25, 0.3) is 0 Å². The Morgan fingerprint density at radius 3 is 2.09 bits per heavy atom.